The first-order valence-electron chi connectivity index (χ1n) is 22.4. The lowest BCUT2D eigenvalue weighted by Gasteiger charge is -2.36. The maximum absolute atomic E-state index is 14.1. The van der Waals surface area contributed by atoms with Gasteiger partial charge in [-0.1, -0.05) is 69.3 Å². The molecule has 0 bridgehead atoms. The Labute approximate surface area is 382 Å². The predicted molar refractivity (Wildman–Crippen MR) is 247 cm³/mol. The molecule has 0 radical (unpaired) electrons. The quantitative estimate of drug-likeness (QED) is 0.112. The van der Waals surface area contributed by atoms with Crippen LogP contribution in [0.4, 0.5) is 4.79 Å². The second-order valence-corrected chi connectivity index (χ2v) is 20.3. The van der Waals surface area contributed by atoms with Crippen LogP contribution >= 0.6 is 11.3 Å². The smallest absolute Gasteiger partial charge is 0.407 e. The van der Waals surface area contributed by atoms with Gasteiger partial charge in [-0.05, 0) is 107 Å². The first-order chi connectivity index (χ1) is 30.1. The molecule has 15 nitrogen and oxygen atoms in total. The number of rotatable bonds is 18. The Morgan fingerprint density at radius 1 is 0.938 bits per heavy atom. The summed E-state index contributed by atoms with van der Waals surface area (Å²) in [6, 6.07) is 14.0. The number of aliphatic hydroxyl groups excluding tert-OH is 1. The Hall–Kier alpha value is -4.90. The van der Waals surface area contributed by atoms with Gasteiger partial charge in [0.15, 0.2) is 0 Å². The summed E-state index contributed by atoms with van der Waals surface area (Å²) in [4.78, 5) is 74.1. The Morgan fingerprint density at radius 2 is 1.58 bits per heavy atom. The number of primary amides is 1. The number of alkyl carbamates (subject to hydrolysis) is 1. The van der Waals surface area contributed by atoms with Crippen LogP contribution in [0.5, 0.6) is 0 Å². The van der Waals surface area contributed by atoms with Gasteiger partial charge in [-0.3, -0.25) is 24.1 Å². The highest BCUT2D eigenvalue weighted by molar-refractivity contribution is 7.13. The Balaban J connectivity index is 1.06. The highest BCUT2D eigenvalue weighted by Gasteiger charge is 2.44. The normalized spacial score (nSPS) is 18.8. The van der Waals surface area contributed by atoms with Gasteiger partial charge in [0, 0.05) is 25.9 Å². The number of ether oxygens (including phenoxy) is 2. The van der Waals surface area contributed by atoms with Crippen molar-refractivity contribution in [1.82, 2.24) is 30.7 Å². The number of amides is 5. The number of aryl methyl sites for hydroxylation is 1. The number of carbonyl (C=O) groups excluding carboxylic acids is 5. The van der Waals surface area contributed by atoms with Gasteiger partial charge in [0.25, 0.3) is 0 Å². The van der Waals surface area contributed by atoms with Crippen LogP contribution in [0.15, 0.2) is 54.0 Å². The number of likely N-dealkylation sites (tertiary alicyclic amines) is 2. The summed E-state index contributed by atoms with van der Waals surface area (Å²) in [5.74, 6) is -0.983. The molecular weight excluding hydrogens is 835 g/mol. The van der Waals surface area contributed by atoms with Crippen LogP contribution < -0.4 is 21.7 Å². The highest BCUT2D eigenvalue weighted by Crippen LogP contribution is 2.29. The lowest BCUT2D eigenvalue weighted by atomic mass is 9.85. The lowest BCUT2D eigenvalue weighted by molar-refractivity contribution is -0.144. The van der Waals surface area contributed by atoms with Gasteiger partial charge in [-0.2, -0.15) is 0 Å². The van der Waals surface area contributed by atoms with E-state index in [1.165, 1.54) is 10.5 Å². The summed E-state index contributed by atoms with van der Waals surface area (Å²) in [6.07, 6.45) is 1.48. The molecule has 0 saturated carbocycles. The molecule has 0 spiro atoms. The Kier molecular flexibility index (Phi) is 17.5. The molecule has 64 heavy (non-hydrogen) atoms. The van der Waals surface area contributed by atoms with Crippen molar-refractivity contribution in [3.05, 3.63) is 76.4 Å². The molecule has 2 aliphatic rings. The number of benzene rings is 2. The van der Waals surface area contributed by atoms with Gasteiger partial charge in [0.2, 0.25) is 23.6 Å². The largest absolute Gasteiger partial charge is 0.444 e. The first-order valence-corrected chi connectivity index (χ1v) is 23.3. The van der Waals surface area contributed by atoms with Gasteiger partial charge in [-0.25, -0.2) is 9.78 Å². The Bertz CT molecular complexity index is 2040. The lowest BCUT2D eigenvalue weighted by Crippen LogP contribution is -2.58. The number of hydrogen-bond acceptors (Lipinski definition) is 11. The highest BCUT2D eigenvalue weighted by atomic mass is 32.1. The number of nitrogens with one attached hydrogen (secondary N) is 3. The van der Waals surface area contributed by atoms with E-state index < -0.39 is 53.3 Å². The SMILES string of the molecule is Cc1ncsc1-c1ccc(CNC(=O)[C@@H]2C[C@@H](O)CN2C(=O)C(NC(=O)CN2CCC(Cc3ccc(CO[C@H](C)[C@H](CCC(N)=O)NC(=O)OC(C)(C)C)cc3)CC2)C(C)(C)C)cc1. The van der Waals surface area contributed by atoms with E-state index >= 15 is 0 Å². The van der Waals surface area contributed by atoms with E-state index in [0.29, 0.717) is 18.9 Å². The van der Waals surface area contributed by atoms with Crippen LogP contribution in [-0.2, 0) is 48.2 Å². The number of nitrogens with zero attached hydrogens (tertiary/aromatic N) is 3. The average Bonchev–Trinajstić information content (AvgIpc) is 3.84. The third-order valence-corrected chi connectivity index (χ3v) is 12.8. The molecule has 5 amide bonds. The first kappa shape index (κ1) is 50.1. The van der Waals surface area contributed by atoms with Crippen LogP contribution in [0.25, 0.3) is 10.4 Å². The summed E-state index contributed by atoms with van der Waals surface area (Å²) < 4.78 is 11.5. The fourth-order valence-electron chi connectivity index (χ4n) is 8.17. The number of aliphatic hydroxyl groups is 1. The van der Waals surface area contributed by atoms with E-state index in [0.717, 1.165) is 59.6 Å². The van der Waals surface area contributed by atoms with E-state index in [4.69, 9.17) is 15.2 Å². The second kappa shape index (κ2) is 22.3. The van der Waals surface area contributed by atoms with E-state index in [1.54, 1.807) is 32.1 Å². The zero-order valence-electron chi connectivity index (χ0n) is 38.8. The van der Waals surface area contributed by atoms with Crippen molar-refractivity contribution in [3.8, 4) is 10.4 Å². The summed E-state index contributed by atoms with van der Waals surface area (Å²) >= 11 is 1.58. The summed E-state index contributed by atoms with van der Waals surface area (Å²) in [5, 5.41) is 19.4. The minimum Gasteiger partial charge on any atom is -0.444 e. The summed E-state index contributed by atoms with van der Waals surface area (Å²) in [6.45, 7) is 17.1. The van der Waals surface area contributed by atoms with Gasteiger partial charge in [-0.15, -0.1) is 11.3 Å². The fourth-order valence-corrected chi connectivity index (χ4v) is 8.98. The second-order valence-electron chi connectivity index (χ2n) is 19.5. The summed E-state index contributed by atoms with van der Waals surface area (Å²) in [5.41, 5.74) is 11.0. The molecule has 350 valence electrons. The van der Waals surface area contributed by atoms with Gasteiger partial charge in [0.1, 0.15) is 17.7 Å². The third kappa shape index (κ3) is 15.1. The molecule has 16 heteroatoms. The molecule has 3 aromatic rings. The maximum Gasteiger partial charge on any atom is 0.407 e. The van der Waals surface area contributed by atoms with Crippen molar-refractivity contribution >= 4 is 41.1 Å². The molecule has 2 aromatic carbocycles. The maximum atomic E-state index is 14.1. The minimum absolute atomic E-state index is 0.0146. The molecule has 1 aromatic heterocycles. The number of aromatic nitrogens is 1. The molecule has 5 rings (SSSR count). The molecule has 6 N–H and O–H groups in total. The zero-order chi connectivity index (χ0) is 46.8. The number of hydrogen-bond donors (Lipinski definition) is 5. The molecular formula is C48H69N7O8S. The van der Waals surface area contributed by atoms with Crippen LogP contribution in [-0.4, -0.2) is 112 Å². The molecule has 3 heterocycles. The molecule has 5 atom stereocenters. The Morgan fingerprint density at radius 3 is 2.17 bits per heavy atom. The van der Waals surface area contributed by atoms with Crippen molar-refractivity contribution < 1.29 is 38.6 Å². The topological polar surface area (TPSA) is 206 Å². The van der Waals surface area contributed by atoms with Crippen molar-refractivity contribution in [1.29, 1.82) is 0 Å². The number of thiazole rings is 1. The summed E-state index contributed by atoms with van der Waals surface area (Å²) in [7, 11) is 0. The zero-order valence-corrected chi connectivity index (χ0v) is 39.6. The van der Waals surface area contributed by atoms with Crippen molar-refractivity contribution in [2.45, 2.75) is 143 Å². The van der Waals surface area contributed by atoms with Crippen LogP contribution in [0.2, 0.25) is 0 Å². The number of piperidine rings is 1. The van der Waals surface area contributed by atoms with Gasteiger partial charge < -0.3 is 41.2 Å². The fraction of sp³-hybridized carbons (Fsp3) is 0.583. The van der Waals surface area contributed by atoms with Crippen LogP contribution in [0, 0.1) is 18.3 Å². The van der Waals surface area contributed by atoms with Gasteiger partial charge in [0.05, 0.1) is 47.5 Å². The standard InChI is InChI=1S/C48H69N7O8S/c1-30-42(64-29-51-30)36-15-13-34(14-16-36)25-50-44(59)39-24-37(56)26-55(39)45(60)43(47(3,4)5)53-41(58)27-54-21-19-33(20-22-54)23-32-9-11-35(12-10-32)28-62-31(2)38(17-18-40(49)57)52-46(61)63-48(6,7)8/h9-16,29,31,33,37-39,43,56H,17-28H2,1-8H3,(H2,49,57)(H,50,59)(H,52,61)(H,53,58)/t31-,37-,38+,39+,43?/m1/s1. The molecule has 2 aliphatic heterocycles. The average molecular weight is 904 g/mol. The molecule has 1 unspecified atom stereocenters. The van der Waals surface area contributed by atoms with Crippen LogP contribution in [0.1, 0.15) is 103 Å². The number of carbonyl (C=O) groups is 5. The monoisotopic (exact) mass is 903 g/mol. The van der Waals surface area contributed by atoms with E-state index in [2.05, 4.69) is 38.0 Å². The van der Waals surface area contributed by atoms with Gasteiger partial charge >= 0.3 is 6.09 Å². The van der Waals surface area contributed by atoms with Crippen molar-refractivity contribution in [3.63, 3.8) is 0 Å². The van der Waals surface area contributed by atoms with E-state index in [-0.39, 0.29) is 50.2 Å². The number of nitrogens with two attached hydrogens (primary N) is 1. The number of β-amino-alcohol motifs (C(OH)–C–C–N with tert-alkyl or cyclic N) is 1. The van der Waals surface area contributed by atoms with Crippen LogP contribution in [0.3, 0.4) is 0 Å². The van der Waals surface area contributed by atoms with E-state index in [9.17, 15) is 29.1 Å². The third-order valence-electron chi connectivity index (χ3n) is 11.8. The van der Waals surface area contributed by atoms with Crippen molar-refractivity contribution in [2.75, 3.05) is 26.2 Å². The predicted octanol–water partition coefficient (Wildman–Crippen LogP) is 5.25. The molecule has 2 fully saturated rings. The van der Waals surface area contributed by atoms with Crippen molar-refractivity contribution in [2.24, 2.45) is 17.1 Å². The molecule has 0 aliphatic carbocycles. The molecule has 2 saturated heterocycles. The van der Waals surface area contributed by atoms with E-state index in [1.807, 2.05) is 76.5 Å². The minimum atomic E-state index is -0.894.